The van der Waals surface area contributed by atoms with Gasteiger partial charge in [0.15, 0.2) is 0 Å². The molecule has 3 rings (SSSR count). The van der Waals surface area contributed by atoms with Crippen molar-refractivity contribution in [1.82, 2.24) is 10.3 Å². The van der Waals surface area contributed by atoms with Crippen molar-refractivity contribution in [2.75, 3.05) is 7.05 Å². The van der Waals surface area contributed by atoms with Crippen LogP contribution in [0.4, 0.5) is 0 Å². The number of carboxylic acid groups (broad SMARTS) is 1. The Balaban J connectivity index is 1.89. The molecule has 2 aromatic carbocycles. The number of amides is 1. The molecule has 0 unspecified atom stereocenters. The van der Waals surface area contributed by atoms with Gasteiger partial charge in [0.25, 0.3) is 5.91 Å². The number of hydrogen-bond donors (Lipinski definition) is 2. The first kappa shape index (κ1) is 15.5. The van der Waals surface area contributed by atoms with Crippen molar-refractivity contribution in [2.45, 2.75) is 0 Å². The second-order valence-corrected chi connectivity index (χ2v) is 5.09. The van der Waals surface area contributed by atoms with E-state index in [9.17, 15) is 9.59 Å². The molecular formula is C18H14N2O4. The molecule has 6 heteroatoms. The van der Waals surface area contributed by atoms with E-state index in [1.807, 2.05) is 0 Å². The van der Waals surface area contributed by atoms with Crippen LogP contribution in [0.5, 0.6) is 11.5 Å². The summed E-state index contributed by atoms with van der Waals surface area (Å²) in [6.07, 6.45) is 1.50. The highest BCUT2D eigenvalue weighted by Crippen LogP contribution is 2.26. The smallest absolute Gasteiger partial charge is 0.335 e. The van der Waals surface area contributed by atoms with Gasteiger partial charge in [-0.1, -0.05) is 12.1 Å². The zero-order valence-electron chi connectivity index (χ0n) is 12.8. The molecule has 0 fully saturated rings. The lowest BCUT2D eigenvalue weighted by molar-refractivity contribution is 0.0696. The zero-order valence-corrected chi connectivity index (χ0v) is 12.8. The lowest BCUT2D eigenvalue weighted by Gasteiger charge is -2.08. The van der Waals surface area contributed by atoms with Gasteiger partial charge in [-0.25, -0.2) is 4.79 Å². The molecule has 0 atom stereocenters. The number of hydrogen-bond acceptors (Lipinski definition) is 4. The van der Waals surface area contributed by atoms with E-state index in [1.165, 1.54) is 13.2 Å². The minimum absolute atomic E-state index is 0.237. The summed E-state index contributed by atoms with van der Waals surface area (Å²) in [6.45, 7) is 0. The first-order valence-corrected chi connectivity index (χ1v) is 7.20. The number of rotatable bonds is 4. The first-order chi connectivity index (χ1) is 11.6. The van der Waals surface area contributed by atoms with Crippen LogP contribution >= 0.6 is 0 Å². The van der Waals surface area contributed by atoms with Crippen LogP contribution in [0.1, 0.15) is 20.8 Å². The molecule has 1 aromatic heterocycles. The molecule has 0 radical (unpaired) electrons. The van der Waals surface area contributed by atoms with E-state index in [0.717, 1.165) is 10.8 Å². The van der Waals surface area contributed by atoms with Crippen molar-refractivity contribution in [2.24, 2.45) is 0 Å². The maximum atomic E-state index is 11.6. The van der Waals surface area contributed by atoms with Crippen molar-refractivity contribution in [3.8, 4) is 11.5 Å². The molecule has 2 N–H and O–H groups in total. The fourth-order valence-electron chi connectivity index (χ4n) is 2.28. The van der Waals surface area contributed by atoms with Crippen LogP contribution < -0.4 is 10.1 Å². The van der Waals surface area contributed by atoms with Gasteiger partial charge in [0.05, 0.1) is 5.56 Å². The van der Waals surface area contributed by atoms with Gasteiger partial charge < -0.3 is 15.2 Å². The van der Waals surface area contributed by atoms with Crippen molar-refractivity contribution in [3.63, 3.8) is 0 Å². The molecule has 0 aliphatic rings. The second kappa shape index (κ2) is 6.37. The van der Waals surface area contributed by atoms with E-state index in [-0.39, 0.29) is 17.2 Å². The third-order valence-electron chi connectivity index (χ3n) is 3.49. The first-order valence-electron chi connectivity index (χ1n) is 7.20. The van der Waals surface area contributed by atoms with Crippen molar-refractivity contribution in [1.29, 1.82) is 0 Å². The van der Waals surface area contributed by atoms with E-state index in [4.69, 9.17) is 9.84 Å². The highest BCUT2D eigenvalue weighted by atomic mass is 16.5. The molecule has 1 heterocycles. The number of pyridine rings is 1. The summed E-state index contributed by atoms with van der Waals surface area (Å²) in [4.78, 5) is 26.6. The van der Waals surface area contributed by atoms with Gasteiger partial charge in [-0.2, -0.15) is 0 Å². The minimum Gasteiger partial charge on any atom is -0.478 e. The van der Waals surface area contributed by atoms with Crippen molar-refractivity contribution < 1.29 is 19.4 Å². The molecule has 0 saturated carbocycles. The quantitative estimate of drug-likeness (QED) is 0.770. The molecule has 0 spiro atoms. The summed E-state index contributed by atoms with van der Waals surface area (Å²) < 4.78 is 5.76. The number of carbonyl (C=O) groups excluding carboxylic acids is 1. The van der Waals surface area contributed by atoms with Gasteiger partial charge in [-0.05, 0) is 41.1 Å². The monoisotopic (exact) mass is 322 g/mol. The number of carbonyl (C=O) groups is 2. The number of aromatic carboxylic acids is 1. The number of benzene rings is 2. The van der Waals surface area contributed by atoms with E-state index >= 15 is 0 Å². The molecule has 0 bridgehead atoms. The molecule has 0 aliphatic heterocycles. The van der Waals surface area contributed by atoms with Gasteiger partial charge in [-0.3, -0.25) is 9.78 Å². The normalized spacial score (nSPS) is 10.4. The predicted molar refractivity (Wildman–Crippen MR) is 88.6 cm³/mol. The molecule has 120 valence electrons. The van der Waals surface area contributed by atoms with E-state index in [1.54, 1.807) is 48.5 Å². The van der Waals surface area contributed by atoms with Crippen LogP contribution in [0.25, 0.3) is 10.8 Å². The zero-order chi connectivity index (χ0) is 17.1. The summed E-state index contributed by atoms with van der Waals surface area (Å²) in [6, 6.07) is 13.4. The molecule has 0 aliphatic carbocycles. The van der Waals surface area contributed by atoms with Gasteiger partial charge in [-0.15, -0.1) is 0 Å². The Morgan fingerprint density at radius 3 is 2.46 bits per heavy atom. The lowest BCUT2D eigenvalue weighted by Crippen LogP contribution is -2.18. The molecule has 0 saturated heterocycles. The number of nitrogens with one attached hydrogen (secondary N) is 1. The van der Waals surface area contributed by atoms with E-state index < -0.39 is 5.97 Å². The van der Waals surface area contributed by atoms with Crippen LogP contribution in [0.3, 0.4) is 0 Å². The van der Waals surface area contributed by atoms with Crippen LogP contribution in [0.2, 0.25) is 0 Å². The Bertz CT molecular complexity index is 937. The van der Waals surface area contributed by atoms with Crippen molar-refractivity contribution in [3.05, 3.63) is 66.0 Å². The Morgan fingerprint density at radius 1 is 1.00 bits per heavy atom. The van der Waals surface area contributed by atoms with Crippen LogP contribution in [-0.2, 0) is 0 Å². The summed E-state index contributed by atoms with van der Waals surface area (Å²) in [5.41, 5.74) is 0.502. The van der Waals surface area contributed by atoms with Crippen LogP contribution in [0, 0.1) is 0 Å². The number of ether oxygens (including phenoxy) is 1. The van der Waals surface area contributed by atoms with E-state index in [0.29, 0.717) is 11.5 Å². The molecule has 1 amide bonds. The van der Waals surface area contributed by atoms with Crippen LogP contribution in [0.15, 0.2) is 54.7 Å². The molecule has 3 aromatic rings. The third-order valence-corrected chi connectivity index (χ3v) is 3.49. The summed E-state index contributed by atoms with van der Waals surface area (Å²) in [5, 5.41) is 13.2. The Kier molecular flexibility index (Phi) is 4.11. The van der Waals surface area contributed by atoms with Gasteiger partial charge in [0, 0.05) is 19.3 Å². The third kappa shape index (κ3) is 3.17. The average molecular weight is 322 g/mol. The second-order valence-electron chi connectivity index (χ2n) is 5.09. The van der Waals surface area contributed by atoms with Gasteiger partial charge in [0.1, 0.15) is 17.2 Å². The predicted octanol–water partition coefficient (Wildman–Crippen LogP) is 3.08. The highest BCUT2D eigenvalue weighted by molar-refractivity contribution is 5.95. The average Bonchev–Trinajstić information content (AvgIpc) is 2.60. The topological polar surface area (TPSA) is 88.5 Å². The SMILES string of the molecule is CNC(=O)c1cc(Oc2ccc3cc(C(=O)O)ccc3c2)ccn1. The summed E-state index contributed by atoms with van der Waals surface area (Å²) in [7, 11) is 1.53. The Labute approximate surface area is 137 Å². The van der Waals surface area contributed by atoms with Crippen LogP contribution in [-0.4, -0.2) is 29.0 Å². The minimum atomic E-state index is -0.962. The highest BCUT2D eigenvalue weighted by Gasteiger charge is 2.08. The maximum Gasteiger partial charge on any atom is 0.335 e. The fraction of sp³-hybridized carbons (Fsp3) is 0.0556. The standard InChI is InChI=1S/C18H14N2O4/c1-19-17(21)16-10-15(6-7-20-16)24-14-5-4-11-8-13(18(22)23)3-2-12(11)9-14/h2-10H,1H3,(H,19,21)(H,22,23). The lowest BCUT2D eigenvalue weighted by atomic mass is 10.1. The number of aromatic nitrogens is 1. The number of carboxylic acids is 1. The van der Waals surface area contributed by atoms with Gasteiger partial charge in [0.2, 0.25) is 0 Å². The largest absolute Gasteiger partial charge is 0.478 e. The summed E-state index contributed by atoms with van der Waals surface area (Å²) in [5.74, 6) is -0.180. The molecule has 6 nitrogen and oxygen atoms in total. The number of nitrogens with zero attached hydrogens (tertiary/aromatic N) is 1. The maximum absolute atomic E-state index is 11.6. The fourth-order valence-corrected chi connectivity index (χ4v) is 2.28. The van der Waals surface area contributed by atoms with Crippen molar-refractivity contribution >= 4 is 22.6 Å². The summed E-state index contributed by atoms with van der Waals surface area (Å²) >= 11 is 0. The number of fused-ring (bicyclic) bond motifs is 1. The van der Waals surface area contributed by atoms with E-state index in [2.05, 4.69) is 10.3 Å². The Hall–Kier alpha value is -3.41. The molecular weight excluding hydrogens is 308 g/mol. The van der Waals surface area contributed by atoms with Gasteiger partial charge >= 0.3 is 5.97 Å². The Morgan fingerprint density at radius 2 is 1.71 bits per heavy atom. The molecule has 24 heavy (non-hydrogen) atoms.